The average Bonchev–Trinajstić information content (AvgIpc) is 3.12. The molecule has 0 saturated carbocycles. The second-order valence-corrected chi connectivity index (χ2v) is 6.14. The van der Waals surface area contributed by atoms with Gasteiger partial charge in [-0.05, 0) is 36.2 Å². The molecule has 1 aliphatic heterocycles. The number of nitrogens with zero attached hydrogens (tertiary/aromatic N) is 2. The molecule has 2 aromatic rings. The summed E-state index contributed by atoms with van der Waals surface area (Å²) < 4.78 is 18.3. The Morgan fingerprint density at radius 1 is 1.40 bits per heavy atom. The molecule has 5 nitrogen and oxygen atoms in total. The monoisotopic (exact) mass is 343 g/mol. The molecule has 0 radical (unpaired) electrons. The van der Waals surface area contributed by atoms with Crippen molar-refractivity contribution in [3.63, 3.8) is 0 Å². The quantitative estimate of drug-likeness (QED) is 0.819. The maximum absolute atomic E-state index is 13.4. The fourth-order valence-electron chi connectivity index (χ4n) is 3.08. The number of methoxy groups -OCH3 is 1. The largest absolute Gasteiger partial charge is 0.383 e. The molecule has 1 aliphatic rings. The van der Waals surface area contributed by atoms with Crippen molar-refractivity contribution in [1.29, 1.82) is 0 Å². The summed E-state index contributed by atoms with van der Waals surface area (Å²) in [5.41, 5.74) is 1.55. The van der Waals surface area contributed by atoms with Gasteiger partial charge in [0.05, 0.1) is 12.2 Å². The van der Waals surface area contributed by atoms with Crippen LogP contribution in [0.4, 0.5) is 10.2 Å². The minimum absolute atomic E-state index is 0.157. The lowest BCUT2D eigenvalue weighted by Crippen LogP contribution is -2.27. The van der Waals surface area contributed by atoms with E-state index in [1.165, 1.54) is 6.07 Å². The fourth-order valence-corrected chi connectivity index (χ4v) is 3.08. The molecule has 1 aromatic heterocycles. The van der Waals surface area contributed by atoms with Crippen LogP contribution in [0.5, 0.6) is 0 Å². The normalized spacial score (nSPS) is 16.9. The number of ether oxygens (including phenoxy) is 1. The van der Waals surface area contributed by atoms with Crippen LogP contribution in [-0.2, 0) is 4.74 Å². The Labute approximate surface area is 146 Å². The number of hydrogen-bond donors (Lipinski definition) is 1. The number of halogens is 1. The zero-order valence-corrected chi connectivity index (χ0v) is 14.2. The SMILES string of the molecule is COCCNC(=O)c1ccc(N2CCC(c3cccc(F)c3)C2)nc1. The van der Waals surface area contributed by atoms with Crippen molar-refractivity contribution in [1.82, 2.24) is 10.3 Å². The van der Waals surface area contributed by atoms with E-state index in [4.69, 9.17) is 4.74 Å². The molecule has 1 fully saturated rings. The van der Waals surface area contributed by atoms with Crippen LogP contribution in [-0.4, -0.2) is 44.2 Å². The van der Waals surface area contributed by atoms with Gasteiger partial charge in [0.1, 0.15) is 11.6 Å². The number of hydrogen-bond acceptors (Lipinski definition) is 4. The Bertz CT molecular complexity index is 721. The number of amides is 1. The maximum atomic E-state index is 13.4. The number of nitrogens with one attached hydrogen (secondary N) is 1. The summed E-state index contributed by atoms with van der Waals surface area (Å²) in [7, 11) is 1.59. The molecular weight excluding hydrogens is 321 g/mol. The number of anilines is 1. The second-order valence-electron chi connectivity index (χ2n) is 6.14. The van der Waals surface area contributed by atoms with E-state index in [-0.39, 0.29) is 11.7 Å². The van der Waals surface area contributed by atoms with E-state index in [0.717, 1.165) is 30.9 Å². The van der Waals surface area contributed by atoms with Gasteiger partial charge >= 0.3 is 0 Å². The molecule has 1 unspecified atom stereocenters. The van der Waals surface area contributed by atoms with Crippen LogP contribution in [0.15, 0.2) is 42.6 Å². The van der Waals surface area contributed by atoms with Crippen molar-refractivity contribution >= 4 is 11.7 Å². The number of pyridine rings is 1. The number of rotatable bonds is 6. The number of aromatic nitrogens is 1. The highest BCUT2D eigenvalue weighted by molar-refractivity contribution is 5.94. The minimum Gasteiger partial charge on any atom is -0.383 e. The van der Waals surface area contributed by atoms with Crippen molar-refractivity contribution in [3.8, 4) is 0 Å². The molecule has 1 atom stereocenters. The Hall–Kier alpha value is -2.47. The Kier molecular flexibility index (Phi) is 5.60. The zero-order valence-electron chi connectivity index (χ0n) is 14.2. The van der Waals surface area contributed by atoms with E-state index in [9.17, 15) is 9.18 Å². The second kappa shape index (κ2) is 8.07. The van der Waals surface area contributed by atoms with E-state index in [1.807, 2.05) is 12.1 Å². The molecule has 1 saturated heterocycles. The molecule has 1 aromatic carbocycles. The highest BCUT2D eigenvalue weighted by atomic mass is 19.1. The van der Waals surface area contributed by atoms with Crippen LogP contribution in [0, 0.1) is 5.82 Å². The summed E-state index contributed by atoms with van der Waals surface area (Å²) in [6, 6.07) is 10.4. The predicted molar refractivity (Wildman–Crippen MR) is 94.4 cm³/mol. The highest BCUT2D eigenvalue weighted by Crippen LogP contribution is 2.30. The van der Waals surface area contributed by atoms with Crippen LogP contribution < -0.4 is 10.2 Å². The third-order valence-corrected chi connectivity index (χ3v) is 4.43. The minimum atomic E-state index is -0.196. The standard InChI is InChI=1S/C19H22FN3O2/c1-25-10-8-21-19(24)15-5-6-18(22-12-15)23-9-7-16(13-23)14-3-2-4-17(20)11-14/h2-6,11-12,16H,7-10,13H2,1H3,(H,21,24). The lowest BCUT2D eigenvalue weighted by molar-refractivity contribution is 0.0937. The first kappa shape index (κ1) is 17.4. The van der Waals surface area contributed by atoms with Crippen LogP contribution >= 0.6 is 0 Å². The maximum Gasteiger partial charge on any atom is 0.252 e. The van der Waals surface area contributed by atoms with E-state index >= 15 is 0 Å². The Balaban J connectivity index is 1.60. The first-order chi connectivity index (χ1) is 12.2. The van der Waals surface area contributed by atoms with Gasteiger partial charge < -0.3 is 15.0 Å². The van der Waals surface area contributed by atoms with Gasteiger partial charge in [0.25, 0.3) is 5.91 Å². The zero-order chi connectivity index (χ0) is 17.6. The highest BCUT2D eigenvalue weighted by Gasteiger charge is 2.25. The van der Waals surface area contributed by atoms with Gasteiger partial charge in [0, 0.05) is 38.9 Å². The summed E-state index contributed by atoms with van der Waals surface area (Å²) in [6.07, 6.45) is 2.55. The summed E-state index contributed by atoms with van der Waals surface area (Å²) >= 11 is 0. The molecule has 2 heterocycles. The predicted octanol–water partition coefficient (Wildman–Crippen LogP) is 2.59. The van der Waals surface area contributed by atoms with Gasteiger partial charge in [-0.15, -0.1) is 0 Å². The lowest BCUT2D eigenvalue weighted by Gasteiger charge is -2.18. The van der Waals surface area contributed by atoms with Gasteiger partial charge in [-0.25, -0.2) is 9.37 Å². The topological polar surface area (TPSA) is 54.5 Å². The average molecular weight is 343 g/mol. The Morgan fingerprint density at radius 2 is 2.28 bits per heavy atom. The number of carbonyl (C=O) groups is 1. The van der Waals surface area contributed by atoms with Crippen molar-refractivity contribution in [2.75, 3.05) is 38.3 Å². The van der Waals surface area contributed by atoms with Crippen LogP contribution in [0.25, 0.3) is 0 Å². The summed E-state index contributed by atoms with van der Waals surface area (Å²) in [6.45, 7) is 2.62. The first-order valence-corrected chi connectivity index (χ1v) is 8.41. The molecule has 3 rings (SSSR count). The number of carbonyl (C=O) groups excluding carboxylic acids is 1. The lowest BCUT2D eigenvalue weighted by atomic mass is 9.98. The fraction of sp³-hybridized carbons (Fsp3) is 0.368. The van der Waals surface area contributed by atoms with Crippen molar-refractivity contribution in [2.24, 2.45) is 0 Å². The summed E-state index contributed by atoms with van der Waals surface area (Å²) in [5.74, 6) is 0.787. The molecular formula is C19H22FN3O2. The molecule has 0 spiro atoms. The van der Waals surface area contributed by atoms with E-state index in [1.54, 1.807) is 31.5 Å². The molecule has 1 amide bonds. The molecule has 6 heteroatoms. The van der Waals surface area contributed by atoms with Crippen molar-refractivity contribution < 1.29 is 13.9 Å². The van der Waals surface area contributed by atoms with Crippen molar-refractivity contribution in [2.45, 2.75) is 12.3 Å². The van der Waals surface area contributed by atoms with Crippen molar-refractivity contribution in [3.05, 3.63) is 59.5 Å². The third kappa shape index (κ3) is 4.33. The summed E-state index contributed by atoms with van der Waals surface area (Å²) in [5, 5.41) is 2.77. The first-order valence-electron chi connectivity index (χ1n) is 8.41. The Morgan fingerprint density at radius 3 is 3.00 bits per heavy atom. The number of benzene rings is 1. The van der Waals surface area contributed by atoms with Crippen LogP contribution in [0.2, 0.25) is 0 Å². The van der Waals surface area contributed by atoms with E-state index in [2.05, 4.69) is 15.2 Å². The van der Waals surface area contributed by atoms with E-state index < -0.39 is 0 Å². The van der Waals surface area contributed by atoms with Gasteiger partial charge in [0.15, 0.2) is 0 Å². The van der Waals surface area contributed by atoms with Gasteiger partial charge in [0.2, 0.25) is 0 Å². The molecule has 0 bridgehead atoms. The molecule has 1 N–H and O–H groups in total. The van der Waals surface area contributed by atoms with Crippen LogP contribution in [0.3, 0.4) is 0 Å². The molecule has 0 aliphatic carbocycles. The van der Waals surface area contributed by atoms with Gasteiger partial charge in [-0.1, -0.05) is 12.1 Å². The smallest absolute Gasteiger partial charge is 0.252 e. The van der Waals surface area contributed by atoms with Gasteiger partial charge in [-0.3, -0.25) is 4.79 Å². The summed E-state index contributed by atoms with van der Waals surface area (Å²) in [4.78, 5) is 18.5. The molecule has 25 heavy (non-hydrogen) atoms. The third-order valence-electron chi connectivity index (χ3n) is 4.43. The van der Waals surface area contributed by atoms with Crippen LogP contribution in [0.1, 0.15) is 28.3 Å². The van der Waals surface area contributed by atoms with Gasteiger partial charge in [-0.2, -0.15) is 0 Å². The van der Waals surface area contributed by atoms with E-state index in [0.29, 0.717) is 24.6 Å². The molecule has 132 valence electrons.